The zero-order valence-corrected chi connectivity index (χ0v) is 25.1. The minimum atomic E-state index is -4.64. The number of phosphoric acid groups is 1. The topological polar surface area (TPSA) is 139 Å². The van der Waals surface area contributed by atoms with Crippen LogP contribution >= 0.6 is 7.82 Å². The Bertz CT molecular complexity index is 510. The first-order valence-corrected chi connectivity index (χ1v) is 16.2. The molecule has 0 aliphatic heterocycles. The van der Waals surface area contributed by atoms with Crippen LogP contribution in [0.3, 0.4) is 0 Å². The molecular formula is C28H60NO7P. The van der Waals surface area contributed by atoms with Gasteiger partial charge in [-0.15, -0.1) is 0 Å². The lowest BCUT2D eigenvalue weighted by atomic mass is 10.1. The molecule has 0 amide bonds. The maximum absolute atomic E-state index is 10.3. The predicted molar refractivity (Wildman–Crippen MR) is 155 cm³/mol. The zero-order chi connectivity index (χ0) is 28.6. The van der Waals surface area contributed by atoms with Crippen molar-refractivity contribution in [2.45, 2.75) is 136 Å². The summed E-state index contributed by atoms with van der Waals surface area (Å²) >= 11 is 0. The van der Waals surface area contributed by atoms with Crippen molar-refractivity contribution in [3.63, 3.8) is 0 Å². The van der Waals surface area contributed by atoms with Crippen LogP contribution < -0.4 is 0 Å². The number of carboxylic acids is 1. The van der Waals surface area contributed by atoms with E-state index in [0.717, 1.165) is 32.5 Å². The van der Waals surface area contributed by atoms with Crippen LogP contribution in [0.25, 0.3) is 0 Å². The van der Waals surface area contributed by atoms with Gasteiger partial charge in [0.05, 0.1) is 6.61 Å². The molecule has 0 bridgehead atoms. The van der Waals surface area contributed by atoms with Gasteiger partial charge in [-0.05, 0) is 58.0 Å². The molecule has 0 saturated heterocycles. The van der Waals surface area contributed by atoms with Crippen molar-refractivity contribution < 1.29 is 34.3 Å². The molecule has 0 radical (unpaired) electrons. The van der Waals surface area contributed by atoms with E-state index < -0.39 is 13.8 Å². The third-order valence-electron chi connectivity index (χ3n) is 5.72. The van der Waals surface area contributed by atoms with Crippen molar-refractivity contribution in [3.05, 3.63) is 12.2 Å². The number of hydrogen-bond donors (Lipinski definition) is 5. The minimum absolute atomic E-state index is 0.299. The van der Waals surface area contributed by atoms with E-state index in [4.69, 9.17) is 29.5 Å². The molecule has 0 fully saturated rings. The Morgan fingerprint density at radius 2 is 1.03 bits per heavy atom. The molecule has 0 aromatic rings. The average molecular weight is 554 g/mol. The first-order valence-electron chi connectivity index (χ1n) is 14.6. The summed E-state index contributed by atoms with van der Waals surface area (Å²) in [5.41, 5.74) is 0. The molecular weight excluding hydrogens is 493 g/mol. The average Bonchev–Trinajstić information content (AvgIpc) is 2.82. The monoisotopic (exact) mass is 553 g/mol. The minimum Gasteiger partial charge on any atom is -0.481 e. The summed E-state index contributed by atoms with van der Waals surface area (Å²) < 4.78 is 8.88. The molecule has 5 N–H and O–H groups in total. The summed E-state index contributed by atoms with van der Waals surface area (Å²) in [6, 6.07) is 0. The van der Waals surface area contributed by atoms with Gasteiger partial charge in [0.25, 0.3) is 0 Å². The second kappa shape index (κ2) is 33.3. The van der Waals surface area contributed by atoms with Crippen molar-refractivity contribution in [3.8, 4) is 0 Å². The van der Waals surface area contributed by atoms with Crippen molar-refractivity contribution in [1.29, 1.82) is 0 Å². The van der Waals surface area contributed by atoms with Crippen LogP contribution in [-0.4, -0.2) is 62.0 Å². The summed E-state index contributed by atoms with van der Waals surface area (Å²) in [5, 5.41) is 17.3. The number of unbranched alkanes of at least 4 members (excludes halogenated alkanes) is 13. The van der Waals surface area contributed by atoms with Crippen molar-refractivity contribution in [2.75, 3.05) is 26.2 Å². The molecule has 0 unspecified atom stereocenters. The first kappa shape index (κ1) is 40.7. The van der Waals surface area contributed by atoms with E-state index in [2.05, 4.69) is 37.8 Å². The predicted octanol–water partition coefficient (Wildman–Crippen LogP) is 7.06. The normalized spacial score (nSPS) is 11.2. The zero-order valence-electron chi connectivity index (χ0n) is 24.2. The van der Waals surface area contributed by atoms with Gasteiger partial charge in [0, 0.05) is 13.0 Å². The van der Waals surface area contributed by atoms with Crippen LogP contribution in [0.5, 0.6) is 0 Å². The summed E-state index contributed by atoms with van der Waals surface area (Å²) in [6.45, 7) is 10.1. The van der Waals surface area contributed by atoms with Gasteiger partial charge in [0.1, 0.15) is 0 Å². The highest BCUT2D eigenvalue weighted by atomic mass is 31.2. The molecule has 0 aromatic heterocycles. The Balaban J connectivity index is -0.000000572. The molecule has 224 valence electrons. The van der Waals surface area contributed by atoms with E-state index in [0.29, 0.717) is 13.0 Å². The molecule has 0 spiro atoms. The van der Waals surface area contributed by atoms with E-state index in [1.807, 2.05) is 0 Å². The Kier molecular flexibility index (Phi) is 36.6. The number of aliphatic hydroxyl groups excluding tert-OH is 1. The number of hydrogen-bond acceptors (Lipinski definition) is 4. The van der Waals surface area contributed by atoms with Gasteiger partial charge < -0.3 is 29.8 Å². The molecule has 0 atom stereocenters. The van der Waals surface area contributed by atoms with Crippen molar-refractivity contribution in [2.24, 2.45) is 0 Å². The van der Waals surface area contributed by atoms with E-state index in [1.165, 1.54) is 96.3 Å². The molecule has 0 saturated carbocycles. The summed E-state index contributed by atoms with van der Waals surface area (Å²) in [7, 11) is -4.64. The molecule has 0 heterocycles. The third-order valence-corrected chi connectivity index (χ3v) is 5.72. The Labute approximate surface area is 227 Å². The van der Waals surface area contributed by atoms with Gasteiger partial charge in [-0.3, -0.25) is 4.79 Å². The van der Waals surface area contributed by atoms with Crippen molar-refractivity contribution in [1.82, 2.24) is 4.90 Å². The Morgan fingerprint density at radius 3 is 1.41 bits per heavy atom. The fraction of sp³-hybridized carbons (Fsp3) is 0.893. The molecule has 0 aliphatic carbocycles. The lowest BCUT2D eigenvalue weighted by molar-refractivity contribution is -0.137. The fourth-order valence-corrected chi connectivity index (χ4v) is 3.59. The van der Waals surface area contributed by atoms with Crippen LogP contribution in [0.15, 0.2) is 12.2 Å². The van der Waals surface area contributed by atoms with E-state index in [-0.39, 0.29) is 0 Å². The number of nitrogens with zero attached hydrogens (tertiary/aromatic N) is 1. The van der Waals surface area contributed by atoms with E-state index in [9.17, 15) is 4.79 Å². The number of carbonyl (C=O) groups is 1. The highest BCUT2D eigenvalue weighted by Gasteiger charge is 2.01. The molecule has 9 heteroatoms. The maximum Gasteiger partial charge on any atom is 0.466 e. The number of carboxylic acid groups (broad SMARTS) is 1. The molecule has 0 rings (SSSR count). The summed E-state index contributed by atoms with van der Waals surface area (Å²) in [6.07, 6.45) is 26.2. The quantitative estimate of drug-likeness (QED) is 0.0515. The van der Waals surface area contributed by atoms with Gasteiger partial charge in [-0.2, -0.15) is 0 Å². The molecule has 37 heavy (non-hydrogen) atoms. The second-order valence-corrected chi connectivity index (χ2v) is 10.5. The van der Waals surface area contributed by atoms with Crippen LogP contribution in [0.1, 0.15) is 136 Å². The van der Waals surface area contributed by atoms with Crippen LogP contribution in [-0.2, 0) is 9.36 Å². The molecule has 0 aliphatic rings. The van der Waals surface area contributed by atoms with Crippen LogP contribution in [0.4, 0.5) is 0 Å². The van der Waals surface area contributed by atoms with Gasteiger partial charge in [-0.1, -0.05) is 97.1 Å². The Morgan fingerprint density at radius 1 is 0.649 bits per heavy atom. The third kappa shape index (κ3) is 52.5. The summed E-state index contributed by atoms with van der Waals surface area (Å²) in [5.74, 6) is -0.664. The Hall–Kier alpha value is -0.760. The standard InChI is InChI=1S/C18H34O2.C10H23NO.H3O4P/c1-2-3-4-5-6-7-8-9-10-11-12-13-14-15-16-17-18(19)20;1-3-5-7-11(9-10-12)8-6-4-2;1-5(2,3)4/h9-10H,2-8,11-17H2,1H3,(H,19,20);12H,3-10H2,1-2H3;(H3,1,2,3,4)/b10-9-;;. The number of aliphatic carboxylic acids is 1. The largest absolute Gasteiger partial charge is 0.481 e. The van der Waals surface area contributed by atoms with Gasteiger partial charge in [-0.25, -0.2) is 4.57 Å². The smallest absolute Gasteiger partial charge is 0.466 e. The van der Waals surface area contributed by atoms with Gasteiger partial charge in [0.2, 0.25) is 0 Å². The second-order valence-electron chi connectivity index (χ2n) is 9.51. The van der Waals surface area contributed by atoms with E-state index in [1.54, 1.807) is 0 Å². The lowest BCUT2D eigenvalue weighted by Gasteiger charge is -2.20. The first-order chi connectivity index (χ1) is 17.6. The van der Waals surface area contributed by atoms with Crippen LogP contribution in [0.2, 0.25) is 0 Å². The lowest BCUT2D eigenvalue weighted by Crippen LogP contribution is -2.28. The highest BCUT2D eigenvalue weighted by molar-refractivity contribution is 7.45. The highest BCUT2D eigenvalue weighted by Crippen LogP contribution is 2.25. The maximum atomic E-state index is 10.3. The molecule has 0 aromatic carbocycles. The number of rotatable bonds is 23. The van der Waals surface area contributed by atoms with Crippen LogP contribution in [0, 0.1) is 0 Å². The SMILES string of the molecule is CCCCCCCC/C=C\CCCCCCCC(=O)O.CCCCN(CCO)CCCC.O=P(O)(O)O. The van der Waals surface area contributed by atoms with E-state index >= 15 is 0 Å². The molecule has 8 nitrogen and oxygen atoms in total. The van der Waals surface area contributed by atoms with Crippen molar-refractivity contribution >= 4 is 13.8 Å². The number of aliphatic hydroxyl groups is 1. The van der Waals surface area contributed by atoms with Gasteiger partial charge in [0.15, 0.2) is 0 Å². The number of allylic oxidation sites excluding steroid dienone is 2. The summed E-state index contributed by atoms with van der Waals surface area (Å²) in [4.78, 5) is 34.2. The fourth-order valence-electron chi connectivity index (χ4n) is 3.59. The van der Waals surface area contributed by atoms with Gasteiger partial charge >= 0.3 is 13.8 Å².